The molecule has 0 aliphatic carbocycles. The largest absolute Gasteiger partial charge is 0.312 e. The predicted octanol–water partition coefficient (Wildman–Crippen LogP) is 4.54. The Morgan fingerprint density at radius 3 is 1.82 bits per heavy atom. The molecule has 104 valence electrons. The van der Waals surface area contributed by atoms with Crippen LogP contribution in [-0.4, -0.2) is 45.5 Å². The van der Waals surface area contributed by atoms with E-state index < -0.39 is 11.3 Å². The number of nitrogens with zero attached hydrogens (tertiary/aromatic N) is 1. The molecule has 0 heterocycles. The third-order valence-electron chi connectivity index (χ3n) is 1.70. The van der Waals surface area contributed by atoms with Gasteiger partial charge in [0.25, 0.3) is 7.52 Å². The van der Waals surface area contributed by atoms with Crippen molar-refractivity contribution < 1.29 is 9.09 Å². The lowest BCUT2D eigenvalue weighted by Crippen LogP contribution is -2.28. The molecule has 3 nitrogen and oxygen atoms in total. The van der Waals surface area contributed by atoms with E-state index in [1.54, 1.807) is 0 Å². The molecule has 1 atom stereocenters. The lowest BCUT2D eigenvalue weighted by Gasteiger charge is -2.29. The fraction of sp³-hybridized carbons (Fsp3) is 1.00. The van der Waals surface area contributed by atoms with Crippen molar-refractivity contribution in [3.05, 3.63) is 0 Å². The van der Waals surface area contributed by atoms with Gasteiger partial charge in [0, 0.05) is 24.8 Å². The minimum Gasteiger partial charge on any atom is -0.312 e. The van der Waals surface area contributed by atoms with Crippen molar-refractivity contribution in [1.82, 2.24) is 4.67 Å². The standard InChI is InChI=1S/C7H12Cl6NO2P/c8-1-3-14(4-2-9)17(15,6-10)16-5-7(11,12)13/h1-6H2/t17-/m1/s1. The Balaban J connectivity index is 4.65. The summed E-state index contributed by atoms with van der Waals surface area (Å²) in [5.41, 5.74) is -0.221. The second-order valence-electron chi connectivity index (χ2n) is 2.98. The minimum atomic E-state index is -3.26. The monoisotopic (exact) mass is 383 g/mol. The maximum Gasteiger partial charge on any atom is 0.287 e. The van der Waals surface area contributed by atoms with E-state index in [0.717, 1.165) is 0 Å². The van der Waals surface area contributed by atoms with Crippen molar-refractivity contribution in [2.75, 3.05) is 37.1 Å². The van der Waals surface area contributed by atoms with Gasteiger partial charge in [-0.2, -0.15) is 0 Å². The normalized spacial score (nSPS) is 16.2. The summed E-state index contributed by atoms with van der Waals surface area (Å²) in [5.74, 6) is 0.545. The molecule has 0 radical (unpaired) electrons. The van der Waals surface area contributed by atoms with Gasteiger partial charge in [-0.15, -0.1) is 34.8 Å². The van der Waals surface area contributed by atoms with E-state index in [2.05, 4.69) is 0 Å². The Morgan fingerprint density at radius 2 is 1.53 bits per heavy atom. The zero-order chi connectivity index (χ0) is 13.5. The zero-order valence-electron chi connectivity index (χ0n) is 8.72. The topological polar surface area (TPSA) is 29.5 Å². The summed E-state index contributed by atoms with van der Waals surface area (Å²) in [5, 5.41) is 0. The van der Waals surface area contributed by atoms with Crippen LogP contribution in [0.25, 0.3) is 0 Å². The Kier molecular flexibility index (Phi) is 9.94. The average molecular weight is 386 g/mol. The fourth-order valence-electron chi connectivity index (χ4n) is 0.977. The van der Waals surface area contributed by atoms with Gasteiger partial charge in [0.15, 0.2) is 0 Å². The molecule has 0 aromatic heterocycles. The van der Waals surface area contributed by atoms with E-state index in [-0.39, 0.29) is 24.0 Å². The number of hydrogen-bond acceptors (Lipinski definition) is 2. The van der Waals surface area contributed by atoms with Crippen LogP contribution in [0, 0.1) is 0 Å². The van der Waals surface area contributed by atoms with Gasteiger partial charge in [0.05, 0.1) is 0 Å². The molecule has 0 amide bonds. The number of alkyl halides is 6. The molecule has 17 heavy (non-hydrogen) atoms. The van der Waals surface area contributed by atoms with Crippen molar-refractivity contribution in [2.45, 2.75) is 3.79 Å². The molecular weight excluding hydrogens is 374 g/mol. The molecule has 0 saturated carbocycles. The van der Waals surface area contributed by atoms with Gasteiger partial charge in [-0.25, -0.2) is 4.67 Å². The Labute approximate surface area is 131 Å². The maximum atomic E-state index is 12.4. The van der Waals surface area contributed by atoms with E-state index in [9.17, 15) is 4.57 Å². The molecule has 0 aromatic carbocycles. The lowest BCUT2D eigenvalue weighted by molar-refractivity contribution is 0.274. The van der Waals surface area contributed by atoms with Gasteiger partial charge in [0.1, 0.15) is 12.2 Å². The lowest BCUT2D eigenvalue weighted by atomic mass is 10.6. The molecule has 10 heteroatoms. The van der Waals surface area contributed by atoms with Crippen LogP contribution in [-0.2, 0) is 9.09 Å². The molecule has 0 N–H and O–H groups in total. The summed E-state index contributed by atoms with van der Waals surface area (Å²) in [7, 11) is -3.26. The molecule has 0 rings (SSSR count). The van der Waals surface area contributed by atoms with Crippen molar-refractivity contribution in [2.24, 2.45) is 0 Å². The third-order valence-corrected chi connectivity index (χ3v) is 5.37. The first-order chi connectivity index (χ1) is 7.79. The number of hydrogen-bond donors (Lipinski definition) is 0. The summed E-state index contributed by atoms with van der Waals surface area (Å²) in [4.78, 5) is 0. The first-order valence-corrected chi connectivity index (χ1v) is 9.03. The summed E-state index contributed by atoms with van der Waals surface area (Å²) >= 11 is 33.4. The van der Waals surface area contributed by atoms with Crippen LogP contribution in [0.5, 0.6) is 0 Å². The highest BCUT2D eigenvalue weighted by atomic mass is 35.6. The van der Waals surface area contributed by atoms with Crippen LogP contribution in [0.3, 0.4) is 0 Å². The van der Waals surface area contributed by atoms with Crippen LogP contribution in [0.4, 0.5) is 0 Å². The quantitative estimate of drug-likeness (QED) is 0.453. The van der Waals surface area contributed by atoms with E-state index in [4.69, 9.17) is 74.1 Å². The van der Waals surface area contributed by atoms with Gasteiger partial charge < -0.3 is 4.52 Å². The summed E-state index contributed by atoms with van der Waals surface area (Å²) in [6.07, 6.45) is 0. The van der Waals surface area contributed by atoms with Crippen molar-refractivity contribution in [3.8, 4) is 0 Å². The Bertz CT molecular complexity index is 255. The third kappa shape index (κ3) is 7.91. The van der Waals surface area contributed by atoms with E-state index >= 15 is 0 Å². The molecule has 0 aromatic rings. The van der Waals surface area contributed by atoms with Crippen molar-refractivity contribution in [3.63, 3.8) is 0 Å². The van der Waals surface area contributed by atoms with E-state index in [1.165, 1.54) is 4.67 Å². The molecule has 0 unspecified atom stereocenters. The highest BCUT2D eigenvalue weighted by Crippen LogP contribution is 2.52. The molecular formula is C7H12Cl6NO2P. The Morgan fingerprint density at radius 1 is 1.06 bits per heavy atom. The summed E-state index contributed by atoms with van der Waals surface area (Å²) in [6, 6.07) is 0. The maximum absolute atomic E-state index is 12.4. The van der Waals surface area contributed by atoms with Gasteiger partial charge >= 0.3 is 0 Å². The van der Waals surface area contributed by atoms with Crippen LogP contribution < -0.4 is 0 Å². The van der Waals surface area contributed by atoms with Crippen molar-refractivity contribution in [1.29, 1.82) is 0 Å². The highest BCUT2D eigenvalue weighted by molar-refractivity contribution is 7.58. The van der Waals surface area contributed by atoms with Gasteiger partial charge in [-0.05, 0) is 0 Å². The molecule has 0 aliphatic heterocycles. The molecule has 0 bridgehead atoms. The molecule has 0 saturated heterocycles. The molecule has 0 fully saturated rings. The summed E-state index contributed by atoms with van der Waals surface area (Å²) in [6.45, 7) is 0.346. The van der Waals surface area contributed by atoms with Crippen LogP contribution in [0.2, 0.25) is 0 Å². The second kappa shape index (κ2) is 8.94. The second-order valence-corrected chi connectivity index (χ2v) is 9.30. The smallest absolute Gasteiger partial charge is 0.287 e. The first-order valence-electron chi connectivity index (χ1n) is 4.52. The number of halogens is 6. The average Bonchev–Trinajstić information content (AvgIpc) is 2.25. The minimum absolute atomic E-state index is 0.221. The van der Waals surface area contributed by atoms with Gasteiger partial charge in [-0.3, -0.25) is 4.57 Å². The van der Waals surface area contributed by atoms with Crippen LogP contribution >= 0.6 is 77.1 Å². The van der Waals surface area contributed by atoms with Gasteiger partial charge in [0.2, 0.25) is 3.79 Å². The molecule has 0 aliphatic rings. The SMILES string of the molecule is O=[P@](CCl)(OCC(Cl)(Cl)Cl)N(CCCl)CCCl. The number of rotatable bonds is 8. The fourth-order valence-corrected chi connectivity index (χ4v) is 4.26. The summed E-state index contributed by atoms with van der Waals surface area (Å²) < 4.78 is 17.4. The highest BCUT2D eigenvalue weighted by Gasteiger charge is 2.33. The predicted molar refractivity (Wildman–Crippen MR) is 77.6 cm³/mol. The van der Waals surface area contributed by atoms with E-state index in [0.29, 0.717) is 13.1 Å². The van der Waals surface area contributed by atoms with Gasteiger partial charge in [-0.1, -0.05) is 34.8 Å². The van der Waals surface area contributed by atoms with E-state index in [1.807, 2.05) is 0 Å². The zero-order valence-corrected chi connectivity index (χ0v) is 14.2. The van der Waals surface area contributed by atoms with Crippen LogP contribution in [0.15, 0.2) is 0 Å². The first kappa shape index (κ1) is 18.9. The van der Waals surface area contributed by atoms with Crippen LogP contribution in [0.1, 0.15) is 0 Å². The Hall–Kier alpha value is 1.89. The van der Waals surface area contributed by atoms with Crippen molar-refractivity contribution >= 4 is 77.1 Å². The molecule has 0 spiro atoms.